The van der Waals surface area contributed by atoms with Crippen LogP contribution in [0.1, 0.15) is 132 Å². The number of H-pyrrole nitrogens is 1. The number of carbonyl (C=O) groups excluding carboxylic acids is 9. The number of imide groups is 1. The second-order valence-corrected chi connectivity index (χ2v) is 22.8. The summed E-state index contributed by atoms with van der Waals surface area (Å²) in [5.74, 6) is 1.07. The van der Waals surface area contributed by atoms with Crippen molar-refractivity contribution in [1.29, 1.82) is 0 Å². The summed E-state index contributed by atoms with van der Waals surface area (Å²) in [4.78, 5) is 147. The van der Waals surface area contributed by atoms with Crippen LogP contribution < -0.4 is 27.0 Å². The third kappa shape index (κ3) is 13.5. The molecule has 434 valence electrons. The average Bonchev–Trinajstić information content (AvgIpc) is 4.42. The molecule has 4 aliphatic heterocycles. The minimum atomic E-state index is -5.93. The molecule has 9 rings (SSSR count). The molecule has 4 aromatic carbocycles. The van der Waals surface area contributed by atoms with Gasteiger partial charge >= 0.3 is 13.3 Å². The largest absolute Gasteiger partial charge is 0.399 e. The van der Waals surface area contributed by atoms with E-state index in [1.807, 2.05) is 60.7 Å². The van der Waals surface area contributed by atoms with E-state index in [-0.39, 0.29) is 98.9 Å². The molecule has 4 aliphatic rings. The molecule has 5 aromatic rings. The maximum Gasteiger partial charge on any atom is 0.399 e. The number of nitrogens with two attached hydrogens (primary N) is 1. The lowest BCUT2D eigenvalue weighted by Gasteiger charge is -2.39. The molecule has 0 aliphatic carbocycles. The fourth-order valence-electron chi connectivity index (χ4n) is 11.1. The van der Waals surface area contributed by atoms with Gasteiger partial charge in [0.05, 0.1) is 6.04 Å². The molecule has 9 amide bonds. The van der Waals surface area contributed by atoms with Crippen LogP contribution >= 0.6 is 7.60 Å². The highest BCUT2D eigenvalue weighted by Crippen LogP contribution is 2.59. The molecule has 5 atom stereocenters. The summed E-state index contributed by atoms with van der Waals surface area (Å²) in [7, 11) is -5.93. The van der Waals surface area contributed by atoms with Crippen LogP contribution in [0.15, 0.2) is 103 Å². The van der Waals surface area contributed by atoms with Gasteiger partial charge in [-0.1, -0.05) is 91.1 Å². The summed E-state index contributed by atoms with van der Waals surface area (Å²) in [5, 5.41) is 10.8. The van der Waals surface area contributed by atoms with E-state index >= 15 is 4.79 Å². The molecule has 0 spiro atoms. The predicted octanol–water partition coefficient (Wildman–Crippen LogP) is 4.50. The van der Waals surface area contributed by atoms with Crippen molar-refractivity contribution in [1.82, 2.24) is 41.0 Å². The van der Waals surface area contributed by atoms with Gasteiger partial charge < -0.3 is 51.2 Å². The van der Waals surface area contributed by atoms with Crippen LogP contribution in [0, 0.1) is 11.8 Å². The fraction of sp³-hybridized carbons (Fsp3) is 0.373. The smallest absolute Gasteiger partial charge is 0.370 e. The van der Waals surface area contributed by atoms with Crippen LogP contribution in [0.2, 0.25) is 0 Å². The topological polar surface area (TPSA) is 311 Å². The zero-order valence-electron chi connectivity index (χ0n) is 45.0. The lowest BCUT2D eigenvalue weighted by Crippen LogP contribution is -2.62. The highest BCUT2D eigenvalue weighted by atomic mass is 31.2. The number of unbranched alkanes of at least 4 members (excludes halogenated alkanes) is 3. The minimum absolute atomic E-state index is 0.00233. The number of amides is 9. The van der Waals surface area contributed by atoms with Gasteiger partial charge in [-0.2, -0.15) is 8.78 Å². The molecule has 5 unspecified atom stereocenters. The zero-order valence-corrected chi connectivity index (χ0v) is 45.9. The molecule has 9 N–H and O–H groups in total. The maximum absolute atomic E-state index is 15.0. The number of rotatable bonds is 19. The van der Waals surface area contributed by atoms with Gasteiger partial charge in [0.2, 0.25) is 41.4 Å². The molecule has 0 bridgehead atoms. The number of aromatic amines is 1. The first kappa shape index (κ1) is 59.1. The number of primary amides is 1. The summed E-state index contributed by atoms with van der Waals surface area (Å²) in [6.07, 6.45) is 2.88. The lowest BCUT2D eigenvalue weighted by atomic mass is 9.98. The van der Waals surface area contributed by atoms with Crippen LogP contribution in [0.5, 0.6) is 0 Å². The number of benzene rings is 4. The van der Waals surface area contributed by atoms with E-state index in [1.165, 1.54) is 20.8 Å². The molecular formula is C59H62F2N9O12P. The van der Waals surface area contributed by atoms with Crippen molar-refractivity contribution < 1.29 is 66.3 Å². The SMILES string of the molecule is NC(=O)CCC(NC(=O)C1CCC2CCN(C(=O)CCCCCC#Cc3ccc4c(c3)C(=O)N(C3CCC(=O)NC3=O)C4)CC(NC(=O)c3cc4cc(C(F)(F)P(=O)(O)O)ccc4[nH]3)C(=O)N21)C(=O)NC(c1ccccc1)c1ccccc1. The predicted molar refractivity (Wildman–Crippen MR) is 296 cm³/mol. The van der Waals surface area contributed by atoms with Crippen LogP contribution in [-0.2, 0) is 50.3 Å². The van der Waals surface area contributed by atoms with E-state index in [2.05, 4.69) is 38.1 Å². The first-order valence-corrected chi connectivity index (χ1v) is 29.0. The fourth-order valence-corrected chi connectivity index (χ4v) is 11.6. The second kappa shape index (κ2) is 25.3. The Morgan fingerprint density at radius 2 is 1.55 bits per heavy atom. The van der Waals surface area contributed by atoms with Gasteiger partial charge in [-0.25, -0.2) is 0 Å². The number of carbonyl (C=O) groups is 9. The number of aromatic nitrogens is 1. The number of nitrogens with zero attached hydrogens (tertiary/aromatic N) is 3. The lowest BCUT2D eigenvalue weighted by molar-refractivity contribution is -0.145. The molecular weight excluding hydrogens is 1100 g/mol. The van der Waals surface area contributed by atoms with Crippen molar-refractivity contribution >= 4 is 71.7 Å². The Hall–Kier alpha value is -8.58. The Balaban J connectivity index is 0.879. The summed E-state index contributed by atoms with van der Waals surface area (Å²) in [6, 6.07) is 21.6. The normalized spacial score (nSPS) is 19.5. The first-order valence-electron chi connectivity index (χ1n) is 27.4. The summed E-state index contributed by atoms with van der Waals surface area (Å²) < 4.78 is 41.1. The van der Waals surface area contributed by atoms with Crippen molar-refractivity contribution in [3.63, 3.8) is 0 Å². The third-order valence-electron chi connectivity index (χ3n) is 15.5. The van der Waals surface area contributed by atoms with E-state index in [4.69, 9.17) is 5.73 Å². The van der Waals surface area contributed by atoms with E-state index < -0.39 is 90.5 Å². The monoisotopic (exact) mass is 1160 g/mol. The van der Waals surface area contributed by atoms with E-state index in [0.717, 1.165) is 34.9 Å². The van der Waals surface area contributed by atoms with Gasteiger partial charge in [0.15, 0.2) is 0 Å². The number of fused-ring (bicyclic) bond motifs is 3. The molecule has 3 fully saturated rings. The van der Waals surface area contributed by atoms with Crippen LogP contribution in [0.25, 0.3) is 10.9 Å². The number of piperidine rings is 1. The second-order valence-electron chi connectivity index (χ2n) is 21.2. The Morgan fingerprint density at radius 1 is 0.831 bits per heavy atom. The number of hydrogen-bond donors (Lipinski definition) is 8. The Kier molecular flexibility index (Phi) is 18.0. The van der Waals surface area contributed by atoms with Gasteiger partial charge in [-0.05, 0) is 92.0 Å². The van der Waals surface area contributed by atoms with Crippen molar-refractivity contribution in [3.05, 3.63) is 142 Å². The number of nitrogens with one attached hydrogen (secondary N) is 5. The van der Waals surface area contributed by atoms with Gasteiger partial charge in [0.25, 0.3) is 11.8 Å². The molecule has 0 saturated carbocycles. The van der Waals surface area contributed by atoms with Crippen LogP contribution in [0.3, 0.4) is 0 Å². The van der Waals surface area contributed by atoms with Crippen molar-refractivity contribution in [3.8, 4) is 11.8 Å². The molecule has 21 nitrogen and oxygen atoms in total. The van der Waals surface area contributed by atoms with Crippen molar-refractivity contribution in [2.75, 3.05) is 13.1 Å². The Bertz CT molecular complexity index is 3430. The molecule has 3 saturated heterocycles. The van der Waals surface area contributed by atoms with Gasteiger partial charge in [-0.15, -0.1) is 0 Å². The van der Waals surface area contributed by atoms with Crippen LogP contribution in [0.4, 0.5) is 8.78 Å². The quantitative estimate of drug-likeness (QED) is 0.0245. The van der Waals surface area contributed by atoms with Gasteiger partial charge in [0, 0.05) is 79.0 Å². The maximum atomic E-state index is 15.0. The van der Waals surface area contributed by atoms with Crippen LogP contribution in [-0.4, -0.2) is 126 Å². The zero-order chi connectivity index (χ0) is 59.2. The van der Waals surface area contributed by atoms with E-state index in [1.54, 1.807) is 18.2 Å². The average molecular weight is 1160 g/mol. The highest BCUT2D eigenvalue weighted by Gasteiger charge is 2.51. The Labute approximate surface area is 475 Å². The first-order chi connectivity index (χ1) is 39.7. The summed E-state index contributed by atoms with van der Waals surface area (Å²) >= 11 is 0. The summed E-state index contributed by atoms with van der Waals surface area (Å²) in [5.41, 5.74) is 3.24. The van der Waals surface area contributed by atoms with E-state index in [9.17, 15) is 61.5 Å². The molecule has 5 heterocycles. The number of alkyl halides is 2. The molecule has 0 radical (unpaired) electrons. The molecule has 83 heavy (non-hydrogen) atoms. The Morgan fingerprint density at radius 3 is 2.24 bits per heavy atom. The standard InChI is InChI=1S/C59H62F2N9O12P/c60-59(61,83(80,81)82)40-20-22-43-39(31-40)32-45(63-43)54(75)65-46-34-68(51(73)17-11-3-1-2-6-12-35-18-19-38-33-69(57(78)42(38)30-35)47-25-27-50(72)66-55(47)76)29-28-41-21-24-48(70(41)58(46)79)56(77)64-44(23-26-49(62)71)53(74)67-52(36-13-7-4-8-14-36)37-15-9-5-10-16-37/h4-5,7-10,13-16,18-20,22,30-32,41,44,46-48,52,63H,1-3,11,17,21,23-29,33-34H2,(H2,62,71)(H,64,77)(H,65,75)(H,67,74)(H,66,72,76)(H2,80,81,82). The highest BCUT2D eigenvalue weighted by molar-refractivity contribution is 7.52. The molecule has 1 aromatic heterocycles. The number of halogens is 2. The van der Waals surface area contributed by atoms with Gasteiger partial charge in [0.1, 0.15) is 29.9 Å². The third-order valence-corrected chi connectivity index (χ3v) is 16.5. The van der Waals surface area contributed by atoms with Gasteiger partial charge in [-0.3, -0.25) is 53.0 Å². The van der Waals surface area contributed by atoms with Crippen molar-refractivity contribution in [2.24, 2.45) is 5.73 Å². The minimum Gasteiger partial charge on any atom is -0.370 e. The molecule has 24 heteroatoms. The van der Waals surface area contributed by atoms with E-state index in [0.29, 0.717) is 43.2 Å². The van der Waals surface area contributed by atoms with Crippen molar-refractivity contribution in [2.45, 2.75) is 126 Å². The number of hydrogen-bond acceptors (Lipinski definition) is 10. The summed E-state index contributed by atoms with van der Waals surface area (Å²) in [6.45, 7) is 0.0449.